The van der Waals surface area contributed by atoms with Crippen molar-refractivity contribution in [3.63, 3.8) is 0 Å². The van der Waals surface area contributed by atoms with E-state index in [-0.39, 0.29) is 4.90 Å². The maximum absolute atomic E-state index is 12.7. The third-order valence-electron chi connectivity index (χ3n) is 3.93. The second-order valence-electron chi connectivity index (χ2n) is 5.42. The number of thiophene rings is 1. The Morgan fingerprint density at radius 1 is 1.17 bits per heavy atom. The summed E-state index contributed by atoms with van der Waals surface area (Å²) in [5.74, 6) is 0. The van der Waals surface area contributed by atoms with Crippen LogP contribution in [0.15, 0.2) is 47.4 Å². The smallest absolute Gasteiger partial charge is 0.262 e. The number of hydrogen-bond donors (Lipinski definition) is 1. The molecule has 0 spiro atoms. The number of nitriles is 1. The van der Waals surface area contributed by atoms with Crippen molar-refractivity contribution in [1.29, 1.82) is 5.26 Å². The molecular formula is C18H16N2O2S2. The van der Waals surface area contributed by atoms with Crippen molar-refractivity contribution in [3.05, 3.63) is 58.5 Å². The molecule has 24 heavy (non-hydrogen) atoms. The van der Waals surface area contributed by atoms with E-state index in [9.17, 15) is 13.7 Å². The maximum Gasteiger partial charge on any atom is 0.262 e. The summed E-state index contributed by atoms with van der Waals surface area (Å²) >= 11 is 1.30. The minimum atomic E-state index is -3.74. The van der Waals surface area contributed by atoms with E-state index < -0.39 is 10.0 Å². The Morgan fingerprint density at radius 3 is 2.54 bits per heavy atom. The van der Waals surface area contributed by atoms with E-state index in [1.165, 1.54) is 11.3 Å². The summed E-state index contributed by atoms with van der Waals surface area (Å²) in [6.45, 7) is 3.86. The van der Waals surface area contributed by atoms with Gasteiger partial charge in [-0.3, -0.25) is 4.72 Å². The summed E-state index contributed by atoms with van der Waals surface area (Å²) < 4.78 is 28.0. The van der Waals surface area contributed by atoms with Gasteiger partial charge in [0, 0.05) is 4.88 Å². The minimum absolute atomic E-state index is 0.189. The molecule has 0 aliphatic heterocycles. The third-order valence-corrected chi connectivity index (χ3v) is 6.47. The van der Waals surface area contributed by atoms with Crippen molar-refractivity contribution in [2.24, 2.45) is 0 Å². The first kappa shape index (κ1) is 16.5. The lowest BCUT2D eigenvalue weighted by Gasteiger charge is -2.08. The van der Waals surface area contributed by atoms with Crippen molar-refractivity contribution in [2.45, 2.75) is 25.2 Å². The van der Waals surface area contributed by atoms with E-state index in [4.69, 9.17) is 0 Å². The van der Waals surface area contributed by atoms with Gasteiger partial charge < -0.3 is 0 Å². The van der Waals surface area contributed by atoms with Gasteiger partial charge in [0.25, 0.3) is 10.0 Å². The van der Waals surface area contributed by atoms with Gasteiger partial charge in [0.05, 0.1) is 10.5 Å². The van der Waals surface area contributed by atoms with Crippen LogP contribution in [-0.2, 0) is 16.4 Å². The van der Waals surface area contributed by atoms with Crippen molar-refractivity contribution in [3.8, 4) is 6.07 Å². The van der Waals surface area contributed by atoms with Crippen LogP contribution in [0, 0.1) is 18.3 Å². The average Bonchev–Trinajstić information content (AvgIpc) is 2.87. The molecule has 3 aromatic rings. The first-order valence-corrected chi connectivity index (χ1v) is 9.80. The molecule has 0 atom stereocenters. The Balaban J connectivity index is 2.04. The predicted octanol–water partition coefficient (Wildman–Crippen LogP) is 4.44. The SMILES string of the molecule is CCc1c(C)sc(NS(=O)(=O)c2ccc3ccccc3c2)c1C#N. The topological polar surface area (TPSA) is 70.0 Å². The van der Waals surface area contributed by atoms with E-state index in [1.54, 1.807) is 18.2 Å². The van der Waals surface area contributed by atoms with Gasteiger partial charge in [0.1, 0.15) is 11.1 Å². The van der Waals surface area contributed by atoms with Crippen LogP contribution in [0.4, 0.5) is 5.00 Å². The number of aryl methyl sites for hydroxylation is 1. The highest BCUT2D eigenvalue weighted by Crippen LogP contribution is 2.34. The van der Waals surface area contributed by atoms with Crippen LogP contribution in [0.5, 0.6) is 0 Å². The molecule has 0 aliphatic carbocycles. The van der Waals surface area contributed by atoms with E-state index >= 15 is 0 Å². The number of fused-ring (bicyclic) bond motifs is 1. The molecule has 0 fully saturated rings. The number of nitrogens with one attached hydrogen (secondary N) is 1. The summed E-state index contributed by atoms with van der Waals surface area (Å²) in [4.78, 5) is 1.15. The Labute approximate surface area is 145 Å². The zero-order valence-corrected chi connectivity index (χ0v) is 15.0. The van der Waals surface area contributed by atoms with Gasteiger partial charge in [0.2, 0.25) is 0 Å². The number of nitrogens with zero attached hydrogens (tertiary/aromatic N) is 1. The predicted molar refractivity (Wildman–Crippen MR) is 97.9 cm³/mol. The van der Waals surface area contributed by atoms with E-state index in [0.717, 1.165) is 21.2 Å². The highest BCUT2D eigenvalue weighted by molar-refractivity contribution is 7.93. The van der Waals surface area contributed by atoms with Crippen LogP contribution in [0.25, 0.3) is 10.8 Å². The number of rotatable bonds is 4. The summed E-state index contributed by atoms with van der Waals surface area (Å²) in [6.07, 6.45) is 0.697. The maximum atomic E-state index is 12.7. The van der Waals surface area contributed by atoms with Gasteiger partial charge >= 0.3 is 0 Å². The second kappa shape index (κ2) is 6.27. The molecule has 0 amide bonds. The van der Waals surface area contributed by atoms with Crippen LogP contribution in [-0.4, -0.2) is 8.42 Å². The zero-order chi connectivity index (χ0) is 17.3. The summed E-state index contributed by atoms with van der Waals surface area (Å²) in [5, 5.41) is 11.6. The first-order valence-electron chi connectivity index (χ1n) is 7.50. The Morgan fingerprint density at radius 2 is 1.88 bits per heavy atom. The first-order chi connectivity index (χ1) is 11.5. The van der Waals surface area contributed by atoms with Gasteiger partial charge in [0.15, 0.2) is 0 Å². The van der Waals surface area contributed by atoms with Crippen LogP contribution < -0.4 is 4.72 Å². The molecule has 6 heteroatoms. The molecule has 1 heterocycles. The van der Waals surface area contributed by atoms with E-state index in [0.29, 0.717) is 17.0 Å². The van der Waals surface area contributed by atoms with Crippen LogP contribution >= 0.6 is 11.3 Å². The molecule has 2 aromatic carbocycles. The summed E-state index contributed by atoms with van der Waals surface area (Å²) in [7, 11) is -3.74. The molecule has 4 nitrogen and oxygen atoms in total. The summed E-state index contributed by atoms with van der Waals surface area (Å²) in [6, 6.07) is 14.7. The minimum Gasteiger partial charge on any atom is -0.269 e. The zero-order valence-electron chi connectivity index (χ0n) is 13.3. The molecule has 0 aliphatic rings. The molecule has 3 rings (SSSR count). The van der Waals surface area contributed by atoms with Crippen LogP contribution in [0.2, 0.25) is 0 Å². The molecule has 122 valence electrons. The number of sulfonamides is 1. The van der Waals surface area contributed by atoms with E-state index in [1.807, 2.05) is 38.1 Å². The second-order valence-corrected chi connectivity index (χ2v) is 8.33. The van der Waals surface area contributed by atoms with Crippen molar-refractivity contribution in [2.75, 3.05) is 4.72 Å². The molecule has 0 saturated carbocycles. The Hall–Kier alpha value is -2.36. The van der Waals surface area contributed by atoms with Crippen molar-refractivity contribution >= 4 is 37.1 Å². The molecule has 0 radical (unpaired) electrons. The fraction of sp³-hybridized carbons (Fsp3) is 0.167. The number of benzene rings is 2. The lowest BCUT2D eigenvalue weighted by Crippen LogP contribution is -2.12. The Kier molecular flexibility index (Phi) is 4.31. The van der Waals surface area contributed by atoms with Gasteiger partial charge in [-0.2, -0.15) is 5.26 Å². The number of anilines is 1. The monoisotopic (exact) mass is 356 g/mol. The fourth-order valence-electron chi connectivity index (χ4n) is 2.71. The van der Waals surface area contributed by atoms with Gasteiger partial charge in [-0.1, -0.05) is 37.3 Å². The van der Waals surface area contributed by atoms with Gasteiger partial charge in [-0.15, -0.1) is 11.3 Å². The van der Waals surface area contributed by atoms with Crippen LogP contribution in [0.1, 0.15) is 22.9 Å². The van der Waals surface area contributed by atoms with Gasteiger partial charge in [-0.05, 0) is 41.8 Å². The van der Waals surface area contributed by atoms with Crippen molar-refractivity contribution < 1.29 is 8.42 Å². The van der Waals surface area contributed by atoms with E-state index in [2.05, 4.69) is 10.8 Å². The highest BCUT2D eigenvalue weighted by atomic mass is 32.2. The lowest BCUT2D eigenvalue weighted by molar-refractivity contribution is 0.601. The molecule has 0 bridgehead atoms. The number of hydrogen-bond acceptors (Lipinski definition) is 4. The third kappa shape index (κ3) is 2.88. The fourth-order valence-corrected chi connectivity index (χ4v) is 5.15. The summed E-state index contributed by atoms with van der Waals surface area (Å²) in [5.41, 5.74) is 1.32. The van der Waals surface area contributed by atoms with Crippen molar-refractivity contribution in [1.82, 2.24) is 0 Å². The normalized spacial score (nSPS) is 11.4. The van der Waals surface area contributed by atoms with Gasteiger partial charge in [-0.25, -0.2) is 8.42 Å². The Bertz CT molecular complexity index is 1060. The molecule has 1 aromatic heterocycles. The quantitative estimate of drug-likeness (QED) is 0.751. The molecule has 0 saturated heterocycles. The average molecular weight is 356 g/mol. The standard InChI is InChI=1S/C18H16N2O2S2/c1-3-16-12(2)23-18(17(16)11-19)20-24(21,22)15-9-8-13-6-4-5-7-14(13)10-15/h4-10,20H,3H2,1-2H3. The molecule has 1 N–H and O–H groups in total. The van der Waals surface area contributed by atoms with Crippen LogP contribution in [0.3, 0.4) is 0 Å². The highest BCUT2D eigenvalue weighted by Gasteiger charge is 2.21. The molecule has 0 unspecified atom stereocenters. The largest absolute Gasteiger partial charge is 0.269 e. The molecular weight excluding hydrogens is 340 g/mol. The lowest BCUT2D eigenvalue weighted by atomic mass is 10.1.